The summed E-state index contributed by atoms with van der Waals surface area (Å²) in [6.07, 6.45) is 0.982. The summed E-state index contributed by atoms with van der Waals surface area (Å²) in [7, 11) is 0. The van der Waals surface area contributed by atoms with Crippen LogP contribution in [0.4, 0.5) is 4.79 Å². The second-order valence-electron chi connectivity index (χ2n) is 6.10. The molecule has 136 valence electrons. The van der Waals surface area contributed by atoms with Gasteiger partial charge in [-0.05, 0) is 42.2 Å². The number of nitriles is 1. The minimum absolute atomic E-state index is 0.147. The van der Waals surface area contributed by atoms with Gasteiger partial charge in [0.2, 0.25) is 0 Å². The maximum Gasteiger partial charge on any atom is 0.315 e. The molecule has 1 unspecified atom stereocenters. The Hall–Kier alpha value is -2.84. The van der Waals surface area contributed by atoms with E-state index in [1.165, 1.54) is 0 Å². The van der Waals surface area contributed by atoms with Crippen molar-refractivity contribution < 1.29 is 9.53 Å². The Morgan fingerprint density at radius 1 is 1.15 bits per heavy atom. The van der Waals surface area contributed by atoms with Gasteiger partial charge in [0, 0.05) is 13.2 Å². The summed E-state index contributed by atoms with van der Waals surface area (Å²) in [5, 5.41) is 14.6. The number of carbonyl (C=O) groups is 1. The number of nitrogens with one attached hydrogen (secondary N) is 2. The van der Waals surface area contributed by atoms with Crippen molar-refractivity contribution in [3.05, 3.63) is 70.8 Å². The molecule has 0 bridgehead atoms. The quantitative estimate of drug-likeness (QED) is 0.705. The molecule has 0 aliphatic rings. The van der Waals surface area contributed by atoms with Gasteiger partial charge in [-0.3, -0.25) is 0 Å². The summed E-state index contributed by atoms with van der Waals surface area (Å²) in [6, 6.07) is 16.8. The fourth-order valence-corrected chi connectivity index (χ4v) is 2.55. The first kappa shape index (κ1) is 19.5. The highest BCUT2D eigenvalue weighted by Crippen LogP contribution is 2.13. The molecule has 0 saturated carbocycles. The van der Waals surface area contributed by atoms with Crippen molar-refractivity contribution in [1.82, 2.24) is 10.6 Å². The van der Waals surface area contributed by atoms with Gasteiger partial charge in [0.15, 0.2) is 0 Å². The van der Waals surface area contributed by atoms with E-state index in [1.807, 2.05) is 43.3 Å². The van der Waals surface area contributed by atoms with Crippen molar-refractivity contribution in [3.8, 4) is 6.07 Å². The predicted octanol–water partition coefficient (Wildman–Crippen LogP) is 4.05. The highest BCUT2D eigenvalue weighted by Gasteiger charge is 2.10. The number of nitrogens with zero attached hydrogens (tertiary/aromatic N) is 1. The van der Waals surface area contributed by atoms with Crippen LogP contribution in [0.1, 0.15) is 48.6 Å². The molecule has 26 heavy (non-hydrogen) atoms. The molecule has 2 aromatic carbocycles. The lowest BCUT2D eigenvalue weighted by molar-refractivity contribution is 0.121. The first-order valence-corrected chi connectivity index (χ1v) is 8.83. The summed E-state index contributed by atoms with van der Waals surface area (Å²) < 4.78 is 5.61. The fraction of sp³-hybridized carbons (Fsp3) is 0.333. The van der Waals surface area contributed by atoms with Crippen LogP contribution in [0.5, 0.6) is 0 Å². The molecule has 2 N–H and O–H groups in total. The Morgan fingerprint density at radius 3 is 2.50 bits per heavy atom. The molecule has 0 radical (unpaired) electrons. The van der Waals surface area contributed by atoms with E-state index in [0.29, 0.717) is 18.7 Å². The summed E-state index contributed by atoms with van der Waals surface area (Å²) in [5.74, 6) is 0. The number of hydrogen-bond acceptors (Lipinski definition) is 3. The van der Waals surface area contributed by atoms with Gasteiger partial charge in [0.05, 0.1) is 24.3 Å². The largest absolute Gasteiger partial charge is 0.377 e. The van der Waals surface area contributed by atoms with Gasteiger partial charge in [-0.2, -0.15) is 5.26 Å². The zero-order valence-corrected chi connectivity index (χ0v) is 15.3. The van der Waals surface area contributed by atoms with Gasteiger partial charge in [-0.15, -0.1) is 0 Å². The third kappa shape index (κ3) is 5.91. The van der Waals surface area contributed by atoms with Crippen molar-refractivity contribution >= 4 is 6.03 Å². The van der Waals surface area contributed by atoms with Gasteiger partial charge in [-0.25, -0.2) is 4.79 Å². The molecule has 0 fully saturated rings. The van der Waals surface area contributed by atoms with E-state index < -0.39 is 0 Å². The highest BCUT2D eigenvalue weighted by molar-refractivity contribution is 5.74. The maximum atomic E-state index is 12.2. The number of rotatable bonds is 8. The van der Waals surface area contributed by atoms with Crippen molar-refractivity contribution in [1.29, 1.82) is 5.26 Å². The Kier molecular flexibility index (Phi) is 7.66. The Balaban J connectivity index is 1.87. The third-order valence-electron chi connectivity index (χ3n) is 4.05. The highest BCUT2D eigenvalue weighted by atomic mass is 16.5. The number of carbonyl (C=O) groups excluding carboxylic acids is 1. The first-order valence-electron chi connectivity index (χ1n) is 8.83. The van der Waals surface area contributed by atoms with Crippen molar-refractivity contribution in [2.75, 3.05) is 6.61 Å². The average Bonchev–Trinajstić information content (AvgIpc) is 2.67. The summed E-state index contributed by atoms with van der Waals surface area (Å²) >= 11 is 0. The third-order valence-corrected chi connectivity index (χ3v) is 4.05. The average molecular weight is 351 g/mol. The molecule has 2 amide bonds. The van der Waals surface area contributed by atoms with Gasteiger partial charge < -0.3 is 15.4 Å². The van der Waals surface area contributed by atoms with Crippen LogP contribution in [-0.2, 0) is 17.9 Å². The molecule has 0 aromatic heterocycles. The molecular weight excluding hydrogens is 326 g/mol. The molecule has 0 spiro atoms. The number of urea groups is 1. The van der Waals surface area contributed by atoms with Crippen LogP contribution in [0.25, 0.3) is 0 Å². The second-order valence-corrected chi connectivity index (χ2v) is 6.10. The van der Waals surface area contributed by atoms with Crippen LogP contribution in [0.3, 0.4) is 0 Å². The van der Waals surface area contributed by atoms with Crippen molar-refractivity contribution in [2.24, 2.45) is 0 Å². The smallest absolute Gasteiger partial charge is 0.315 e. The van der Waals surface area contributed by atoms with E-state index in [1.54, 1.807) is 12.1 Å². The molecular formula is C21H25N3O2. The van der Waals surface area contributed by atoms with Gasteiger partial charge in [0.25, 0.3) is 0 Å². The van der Waals surface area contributed by atoms with E-state index in [-0.39, 0.29) is 12.1 Å². The molecule has 0 aliphatic heterocycles. The maximum absolute atomic E-state index is 12.2. The number of hydrogen-bond donors (Lipinski definition) is 2. The molecule has 2 rings (SSSR count). The van der Waals surface area contributed by atoms with E-state index in [4.69, 9.17) is 10.00 Å². The first-order chi connectivity index (χ1) is 12.6. The molecule has 5 nitrogen and oxygen atoms in total. The van der Waals surface area contributed by atoms with Crippen LogP contribution >= 0.6 is 0 Å². The Labute approximate surface area is 155 Å². The van der Waals surface area contributed by atoms with Gasteiger partial charge >= 0.3 is 6.03 Å². The molecule has 2 aromatic rings. The monoisotopic (exact) mass is 351 g/mol. The SMILES string of the molecule is CCCOCc1ccccc1CNC(=O)NC(C)c1ccc(C#N)cc1. The van der Waals surface area contributed by atoms with Crippen molar-refractivity contribution in [3.63, 3.8) is 0 Å². The fourth-order valence-electron chi connectivity index (χ4n) is 2.55. The Morgan fingerprint density at radius 2 is 1.85 bits per heavy atom. The molecule has 0 saturated heterocycles. The standard InChI is InChI=1S/C21H25N3O2/c1-3-12-26-15-20-7-5-4-6-19(20)14-23-21(25)24-16(2)18-10-8-17(13-22)9-11-18/h4-11,16H,3,12,14-15H2,1-2H3,(H2,23,24,25). The number of amides is 2. The molecule has 5 heteroatoms. The van der Waals surface area contributed by atoms with Gasteiger partial charge in [0.1, 0.15) is 0 Å². The molecule has 1 atom stereocenters. The predicted molar refractivity (Wildman–Crippen MR) is 101 cm³/mol. The van der Waals surface area contributed by atoms with Crippen LogP contribution in [-0.4, -0.2) is 12.6 Å². The van der Waals surface area contributed by atoms with E-state index in [9.17, 15) is 4.79 Å². The summed E-state index contributed by atoms with van der Waals surface area (Å²) in [6.45, 7) is 5.71. The van der Waals surface area contributed by atoms with Crippen LogP contribution < -0.4 is 10.6 Å². The number of benzene rings is 2. The minimum Gasteiger partial charge on any atom is -0.377 e. The van der Waals surface area contributed by atoms with E-state index in [2.05, 4.69) is 23.6 Å². The zero-order chi connectivity index (χ0) is 18.8. The topological polar surface area (TPSA) is 74.2 Å². The normalized spacial score (nSPS) is 11.4. The van der Waals surface area contributed by atoms with E-state index in [0.717, 1.165) is 29.7 Å². The van der Waals surface area contributed by atoms with Crippen molar-refractivity contribution in [2.45, 2.75) is 39.5 Å². The van der Waals surface area contributed by atoms with Crippen LogP contribution in [0.2, 0.25) is 0 Å². The lowest BCUT2D eigenvalue weighted by Gasteiger charge is -2.16. The Bertz CT molecular complexity index is 751. The lowest BCUT2D eigenvalue weighted by atomic mass is 10.1. The zero-order valence-electron chi connectivity index (χ0n) is 15.3. The minimum atomic E-state index is -0.230. The van der Waals surface area contributed by atoms with Crippen LogP contribution in [0, 0.1) is 11.3 Å². The van der Waals surface area contributed by atoms with Gasteiger partial charge in [-0.1, -0.05) is 43.3 Å². The molecule has 0 aliphatic carbocycles. The molecule has 0 heterocycles. The van der Waals surface area contributed by atoms with E-state index >= 15 is 0 Å². The van der Waals surface area contributed by atoms with Crippen LogP contribution in [0.15, 0.2) is 48.5 Å². The summed E-state index contributed by atoms with van der Waals surface area (Å²) in [4.78, 5) is 12.2. The second kappa shape index (κ2) is 10.2. The lowest BCUT2D eigenvalue weighted by Crippen LogP contribution is -2.36. The number of ether oxygens (including phenoxy) is 1. The summed E-state index contributed by atoms with van der Waals surface area (Å²) in [5.41, 5.74) is 3.69.